The van der Waals surface area contributed by atoms with E-state index >= 15 is 0 Å². The standard InChI is InChI=1S/C14H17N3O2/c1-3-19-14(18)12-9-16-17(2)13(12)10-15-11-7-5-4-6-8-11/h4-9,15H,3,10H2,1-2H3. The van der Waals surface area contributed by atoms with Crippen molar-refractivity contribution >= 4 is 11.7 Å². The largest absolute Gasteiger partial charge is 0.462 e. The summed E-state index contributed by atoms with van der Waals surface area (Å²) in [6.07, 6.45) is 1.54. The van der Waals surface area contributed by atoms with Crippen LogP contribution in [-0.2, 0) is 18.3 Å². The first kappa shape index (κ1) is 13.1. The molecule has 0 aliphatic carbocycles. The van der Waals surface area contributed by atoms with Crippen LogP contribution in [0.25, 0.3) is 0 Å². The molecule has 0 unspecified atom stereocenters. The summed E-state index contributed by atoms with van der Waals surface area (Å²) in [4.78, 5) is 11.8. The minimum atomic E-state index is -0.333. The van der Waals surface area contributed by atoms with Gasteiger partial charge in [-0.25, -0.2) is 4.79 Å². The highest BCUT2D eigenvalue weighted by molar-refractivity contribution is 5.90. The van der Waals surface area contributed by atoms with Gasteiger partial charge in [-0.3, -0.25) is 4.68 Å². The monoisotopic (exact) mass is 259 g/mol. The Labute approximate surface area is 112 Å². The first-order valence-corrected chi connectivity index (χ1v) is 6.19. The number of nitrogens with zero attached hydrogens (tertiary/aromatic N) is 2. The van der Waals surface area contributed by atoms with E-state index in [0.29, 0.717) is 18.7 Å². The molecule has 0 bridgehead atoms. The molecule has 0 atom stereocenters. The van der Waals surface area contributed by atoms with Gasteiger partial charge < -0.3 is 10.1 Å². The van der Waals surface area contributed by atoms with Crippen LogP contribution in [0.4, 0.5) is 5.69 Å². The number of carbonyl (C=O) groups is 1. The van der Waals surface area contributed by atoms with Crippen molar-refractivity contribution in [3.05, 3.63) is 47.8 Å². The van der Waals surface area contributed by atoms with Gasteiger partial charge in [0.05, 0.1) is 25.0 Å². The highest BCUT2D eigenvalue weighted by atomic mass is 16.5. The van der Waals surface area contributed by atoms with Crippen molar-refractivity contribution in [3.8, 4) is 0 Å². The molecule has 0 saturated carbocycles. The highest BCUT2D eigenvalue weighted by Gasteiger charge is 2.16. The molecule has 0 fully saturated rings. The van der Waals surface area contributed by atoms with E-state index in [1.165, 1.54) is 0 Å². The Morgan fingerprint density at radius 3 is 2.79 bits per heavy atom. The van der Waals surface area contributed by atoms with Gasteiger partial charge in [-0.15, -0.1) is 0 Å². The van der Waals surface area contributed by atoms with E-state index in [2.05, 4.69) is 10.4 Å². The lowest BCUT2D eigenvalue weighted by atomic mass is 10.2. The molecule has 1 N–H and O–H groups in total. The minimum Gasteiger partial charge on any atom is -0.462 e. The zero-order chi connectivity index (χ0) is 13.7. The van der Waals surface area contributed by atoms with Gasteiger partial charge in [0, 0.05) is 12.7 Å². The molecular weight excluding hydrogens is 242 g/mol. The number of benzene rings is 1. The third-order valence-electron chi connectivity index (χ3n) is 2.79. The zero-order valence-corrected chi connectivity index (χ0v) is 11.1. The second kappa shape index (κ2) is 6.04. The maximum absolute atomic E-state index is 11.8. The van der Waals surface area contributed by atoms with Crippen molar-refractivity contribution in [2.24, 2.45) is 7.05 Å². The fraction of sp³-hybridized carbons (Fsp3) is 0.286. The summed E-state index contributed by atoms with van der Waals surface area (Å²) in [7, 11) is 1.81. The van der Waals surface area contributed by atoms with Crippen molar-refractivity contribution in [1.29, 1.82) is 0 Å². The molecule has 0 aliphatic heterocycles. The van der Waals surface area contributed by atoms with Gasteiger partial charge >= 0.3 is 5.97 Å². The average Bonchev–Trinajstić information content (AvgIpc) is 2.79. The van der Waals surface area contributed by atoms with Crippen molar-refractivity contribution in [2.75, 3.05) is 11.9 Å². The van der Waals surface area contributed by atoms with E-state index < -0.39 is 0 Å². The Morgan fingerprint density at radius 2 is 2.11 bits per heavy atom. The average molecular weight is 259 g/mol. The second-order valence-corrected chi connectivity index (χ2v) is 4.07. The maximum atomic E-state index is 11.8. The number of para-hydroxylation sites is 1. The molecule has 5 heteroatoms. The van der Waals surface area contributed by atoms with Gasteiger partial charge in [0.15, 0.2) is 0 Å². The number of anilines is 1. The number of nitrogens with one attached hydrogen (secondary N) is 1. The van der Waals surface area contributed by atoms with Crippen LogP contribution in [-0.4, -0.2) is 22.4 Å². The topological polar surface area (TPSA) is 56.1 Å². The molecule has 5 nitrogen and oxygen atoms in total. The van der Waals surface area contributed by atoms with Crippen molar-refractivity contribution in [3.63, 3.8) is 0 Å². The van der Waals surface area contributed by atoms with Crippen molar-refractivity contribution in [2.45, 2.75) is 13.5 Å². The summed E-state index contributed by atoms with van der Waals surface area (Å²) in [6, 6.07) is 9.82. The summed E-state index contributed by atoms with van der Waals surface area (Å²) < 4.78 is 6.70. The molecule has 1 heterocycles. The zero-order valence-electron chi connectivity index (χ0n) is 11.1. The Morgan fingerprint density at radius 1 is 1.37 bits per heavy atom. The number of carbonyl (C=O) groups excluding carboxylic acids is 1. The maximum Gasteiger partial charge on any atom is 0.341 e. The third kappa shape index (κ3) is 3.13. The smallest absolute Gasteiger partial charge is 0.341 e. The van der Waals surface area contributed by atoms with Crippen LogP contribution in [0.2, 0.25) is 0 Å². The molecule has 0 amide bonds. The Bertz CT molecular complexity index is 549. The first-order chi connectivity index (χ1) is 9.22. The Kier molecular flexibility index (Phi) is 4.18. The lowest BCUT2D eigenvalue weighted by Gasteiger charge is -2.08. The van der Waals surface area contributed by atoms with Gasteiger partial charge in [-0.2, -0.15) is 5.10 Å². The quantitative estimate of drug-likeness (QED) is 0.836. The predicted molar refractivity (Wildman–Crippen MR) is 72.9 cm³/mol. The molecule has 0 spiro atoms. The van der Waals surface area contributed by atoms with Crippen LogP contribution in [0.15, 0.2) is 36.5 Å². The molecule has 0 saturated heterocycles. The summed E-state index contributed by atoms with van der Waals surface area (Å²) >= 11 is 0. The minimum absolute atomic E-state index is 0.333. The van der Waals surface area contributed by atoms with Gasteiger partial charge in [0.25, 0.3) is 0 Å². The summed E-state index contributed by atoms with van der Waals surface area (Å²) in [5.41, 5.74) is 2.31. The Balaban J connectivity index is 2.11. The fourth-order valence-corrected chi connectivity index (χ4v) is 1.79. The lowest BCUT2D eigenvalue weighted by Crippen LogP contribution is -2.12. The molecule has 0 aliphatic rings. The lowest BCUT2D eigenvalue weighted by molar-refractivity contribution is 0.0525. The molecule has 0 radical (unpaired) electrons. The number of aromatic nitrogens is 2. The first-order valence-electron chi connectivity index (χ1n) is 6.19. The van der Waals surface area contributed by atoms with Gasteiger partial charge in [-0.05, 0) is 19.1 Å². The number of esters is 1. The second-order valence-electron chi connectivity index (χ2n) is 4.07. The van der Waals surface area contributed by atoms with Crippen LogP contribution in [0.5, 0.6) is 0 Å². The number of rotatable bonds is 5. The van der Waals surface area contributed by atoms with Gasteiger partial charge in [0.2, 0.25) is 0 Å². The van der Waals surface area contributed by atoms with E-state index in [-0.39, 0.29) is 5.97 Å². The third-order valence-corrected chi connectivity index (χ3v) is 2.79. The van der Waals surface area contributed by atoms with Crippen LogP contribution in [0.3, 0.4) is 0 Å². The van der Waals surface area contributed by atoms with E-state index in [4.69, 9.17) is 4.74 Å². The molecule has 2 aromatic rings. The van der Waals surface area contributed by atoms with Crippen LogP contribution in [0.1, 0.15) is 23.0 Å². The molecule has 1 aromatic carbocycles. The van der Waals surface area contributed by atoms with Crippen molar-refractivity contribution < 1.29 is 9.53 Å². The SMILES string of the molecule is CCOC(=O)c1cnn(C)c1CNc1ccccc1. The van der Waals surface area contributed by atoms with E-state index in [0.717, 1.165) is 11.4 Å². The molecular formula is C14H17N3O2. The van der Waals surface area contributed by atoms with Crippen molar-refractivity contribution in [1.82, 2.24) is 9.78 Å². The number of aryl methyl sites for hydroxylation is 1. The van der Waals surface area contributed by atoms with Crippen LogP contribution >= 0.6 is 0 Å². The number of ether oxygens (including phenoxy) is 1. The molecule has 100 valence electrons. The summed E-state index contributed by atoms with van der Waals surface area (Å²) in [6.45, 7) is 2.67. The van der Waals surface area contributed by atoms with E-state index in [1.54, 1.807) is 17.8 Å². The summed E-state index contributed by atoms with van der Waals surface area (Å²) in [5.74, 6) is -0.333. The van der Waals surface area contributed by atoms with Gasteiger partial charge in [-0.1, -0.05) is 18.2 Å². The summed E-state index contributed by atoms with van der Waals surface area (Å²) in [5, 5.41) is 7.36. The number of hydrogen-bond donors (Lipinski definition) is 1. The van der Waals surface area contributed by atoms with E-state index in [1.807, 2.05) is 37.4 Å². The van der Waals surface area contributed by atoms with Gasteiger partial charge in [0.1, 0.15) is 5.56 Å². The molecule has 1 aromatic heterocycles. The predicted octanol–water partition coefficient (Wildman–Crippen LogP) is 2.21. The molecule has 2 rings (SSSR count). The molecule has 19 heavy (non-hydrogen) atoms. The van der Waals surface area contributed by atoms with Crippen LogP contribution < -0.4 is 5.32 Å². The fourth-order valence-electron chi connectivity index (χ4n) is 1.79. The van der Waals surface area contributed by atoms with E-state index in [9.17, 15) is 4.79 Å². The van der Waals surface area contributed by atoms with Crippen LogP contribution in [0, 0.1) is 0 Å². The number of hydrogen-bond acceptors (Lipinski definition) is 4. The normalized spacial score (nSPS) is 10.2. The Hall–Kier alpha value is -2.30. The highest BCUT2D eigenvalue weighted by Crippen LogP contribution is 2.13.